The van der Waals surface area contributed by atoms with Crippen LogP contribution in [0.15, 0.2) is 42.5 Å². The van der Waals surface area contributed by atoms with Crippen LogP contribution in [0.25, 0.3) is 0 Å². The number of carboxylic acids is 1. The van der Waals surface area contributed by atoms with Gasteiger partial charge >= 0.3 is 5.97 Å². The highest BCUT2D eigenvalue weighted by Crippen LogP contribution is 2.19. The van der Waals surface area contributed by atoms with Crippen LogP contribution in [0.5, 0.6) is 0 Å². The molecule has 0 saturated heterocycles. The standard InChI is InChI=1S/C20H21FN2O4/c1-13-9-10-14(19(26)22-11-5-4-8-18(24)25)12-17(13)23-20(27)15-6-2-3-7-16(15)21/h2-3,6-7,9-10,12H,4-5,8,11H2,1H3,(H,22,26)(H,23,27)(H,24,25). The normalized spacial score (nSPS) is 10.3. The van der Waals surface area contributed by atoms with Crippen LogP contribution in [-0.2, 0) is 4.79 Å². The first-order valence-corrected chi connectivity index (χ1v) is 8.55. The molecule has 2 aromatic rings. The van der Waals surface area contributed by atoms with Crippen LogP contribution in [0.1, 0.15) is 45.5 Å². The maximum absolute atomic E-state index is 13.7. The summed E-state index contributed by atoms with van der Waals surface area (Å²) in [4.78, 5) is 34.9. The van der Waals surface area contributed by atoms with Gasteiger partial charge in [-0.25, -0.2) is 4.39 Å². The molecule has 7 heteroatoms. The predicted molar refractivity (Wildman–Crippen MR) is 99.4 cm³/mol. The molecule has 0 radical (unpaired) electrons. The summed E-state index contributed by atoms with van der Waals surface area (Å²) in [6.45, 7) is 2.13. The molecular formula is C20H21FN2O4. The van der Waals surface area contributed by atoms with Crippen molar-refractivity contribution in [1.82, 2.24) is 5.32 Å². The topological polar surface area (TPSA) is 95.5 Å². The van der Waals surface area contributed by atoms with Gasteiger partial charge in [-0.2, -0.15) is 0 Å². The van der Waals surface area contributed by atoms with Crippen molar-refractivity contribution in [3.63, 3.8) is 0 Å². The van der Waals surface area contributed by atoms with E-state index in [-0.39, 0.29) is 17.9 Å². The highest BCUT2D eigenvalue weighted by Gasteiger charge is 2.14. The quantitative estimate of drug-likeness (QED) is 0.619. The molecule has 2 amide bonds. The molecule has 0 spiro atoms. The third-order valence-corrected chi connectivity index (χ3v) is 3.97. The van der Waals surface area contributed by atoms with Crippen LogP contribution in [0.3, 0.4) is 0 Å². The second kappa shape index (κ2) is 9.47. The number of unbranched alkanes of at least 4 members (excludes halogenated alkanes) is 1. The molecule has 2 aromatic carbocycles. The molecule has 0 aliphatic heterocycles. The number of amides is 2. The Morgan fingerprint density at radius 2 is 1.78 bits per heavy atom. The van der Waals surface area contributed by atoms with E-state index < -0.39 is 17.7 Å². The first-order chi connectivity index (χ1) is 12.9. The van der Waals surface area contributed by atoms with Crippen molar-refractivity contribution in [3.8, 4) is 0 Å². The molecule has 0 aromatic heterocycles. The summed E-state index contributed by atoms with van der Waals surface area (Å²) in [5.74, 6) is -2.41. The van der Waals surface area contributed by atoms with Crippen LogP contribution in [0, 0.1) is 12.7 Å². The predicted octanol–water partition coefficient (Wildman–Crippen LogP) is 3.37. The van der Waals surface area contributed by atoms with E-state index >= 15 is 0 Å². The third kappa shape index (κ3) is 5.91. The van der Waals surface area contributed by atoms with Gasteiger partial charge < -0.3 is 15.7 Å². The molecular weight excluding hydrogens is 351 g/mol. The minimum absolute atomic E-state index is 0.0621. The molecule has 6 nitrogen and oxygen atoms in total. The number of anilines is 1. The van der Waals surface area contributed by atoms with Crippen molar-refractivity contribution in [1.29, 1.82) is 0 Å². The molecule has 0 heterocycles. The number of carboxylic acid groups (broad SMARTS) is 1. The molecule has 0 fully saturated rings. The average molecular weight is 372 g/mol. The smallest absolute Gasteiger partial charge is 0.303 e. The number of nitrogens with one attached hydrogen (secondary N) is 2. The lowest BCUT2D eigenvalue weighted by Gasteiger charge is -2.11. The van der Waals surface area contributed by atoms with Gasteiger partial charge in [0.25, 0.3) is 11.8 Å². The van der Waals surface area contributed by atoms with E-state index in [1.54, 1.807) is 25.1 Å². The number of aryl methyl sites for hydroxylation is 1. The summed E-state index contributed by atoms with van der Waals surface area (Å²) < 4.78 is 13.7. The molecule has 0 bridgehead atoms. The zero-order chi connectivity index (χ0) is 19.8. The fraction of sp³-hybridized carbons (Fsp3) is 0.250. The SMILES string of the molecule is Cc1ccc(C(=O)NCCCCC(=O)O)cc1NC(=O)c1ccccc1F. The summed E-state index contributed by atoms with van der Waals surface area (Å²) in [6, 6.07) is 10.5. The third-order valence-electron chi connectivity index (χ3n) is 3.97. The van der Waals surface area contributed by atoms with Gasteiger partial charge in [0.1, 0.15) is 5.82 Å². The summed E-state index contributed by atoms with van der Waals surface area (Å²) in [5.41, 5.74) is 1.42. The summed E-state index contributed by atoms with van der Waals surface area (Å²) in [6.07, 6.45) is 1.10. The van der Waals surface area contributed by atoms with E-state index in [0.29, 0.717) is 30.6 Å². The summed E-state index contributed by atoms with van der Waals surface area (Å²) in [7, 11) is 0. The average Bonchev–Trinajstić information content (AvgIpc) is 2.63. The zero-order valence-corrected chi connectivity index (χ0v) is 14.9. The molecule has 0 aliphatic rings. The molecule has 0 unspecified atom stereocenters. The van der Waals surface area contributed by atoms with E-state index in [1.807, 2.05) is 0 Å². The van der Waals surface area contributed by atoms with Crippen molar-refractivity contribution in [3.05, 3.63) is 65.0 Å². The first kappa shape index (κ1) is 20.1. The Kier molecular flexibility index (Phi) is 7.05. The molecule has 27 heavy (non-hydrogen) atoms. The lowest BCUT2D eigenvalue weighted by Crippen LogP contribution is -2.25. The Hall–Kier alpha value is -3.22. The Morgan fingerprint density at radius 1 is 1.04 bits per heavy atom. The number of rotatable bonds is 8. The number of hydrogen-bond donors (Lipinski definition) is 3. The van der Waals surface area contributed by atoms with Crippen LogP contribution in [0.2, 0.25) is 0 Å². The van der Waals surface area contributed by atoms with Gasteiger partial charge in [0.2, 0.25) is 0 Å². The largest absolute Gasteiger partial charge is 0.481 e. The fourth-order valence-corrected chi connectivity index (χ4v) is 2.44. The van der Waals surface area contributed by atoms with Crippen LogP contribution < -0.4 is 10.6 Å². The second-order valence-corrected chi connectivity index (χ2v) is 6.07. The minimum Gasteiger partial charge on any atom is -0.481 e. The number of carbonyl (C=O) groups is 3. The second-order valence-electron chi connectivity index (χ2n) is 6.07. The van der Waals surface area contributed by atoms with Gasteiger partial charge in [-0.3, -0.25) is 14.4 Å². The van der Waals surface area contributed by atoms with Gasteiger partial charge in [-0.1, -0.05) is 18.2 Å². The number of aliphatic carboxylic acids is 1. The van der Waals surface area contributed by atoms with Crippen LogP contribution in [-0.4, -0.2) is 29.4 Å². The summed E-state index contributed by atoms with van der Waals surface area (Å²) >= 11 is 0. The Labute approximate surface area is 156 Å². The van der Waals surface area contributed by atoms with Gasteiger partial charge in [0, 0.05) is 24.2 Å². The Balaban J connectivity index is 2.01. The Morgan fingerprint density at radius 3 is 2.48 bits per heavy atom. The lowest BCUT2D eigenvalue weighted by atomic mass is 10.1. The van der Waals surface area contributed by atoms with Crippen molar-refractivity contribution in [2.45, 2.75) is 26.2 Å². The zero-order valence-electron chi connectivity index (χ0n) is 14.9. The highest BCUT2D eigenvalue weighted by atomic mass is 19.1. The van der Waals surface area contributed by atoms with Crippen LogP contribution in [0.4, 0.5) is 10.1 Å². The Bertz CT molecular complexity index is 852. The van der Waals surface area contributed by atoms with Crippen molar-refractivity contribution in [2.75, 3.05) is 11.9 Å². The maximum Gasteiger partial charge on any atom is 0.303 e. The van der Waals surface area contributed by atoms with Crippen LogP contribution >= 0.6 is 0 Å². The fourth-order valence-electron chi connectivity index (χ4n) is 2.44. The first-order valence-electron chi connectivity index (χ1n) is 8.55. The molecule has 0 aliphatic carbocycles. The molecule has 0 atom stereocenters. The minimum atomic E-state index is -0.866. The van der Waals surface area contributed by atoms with Gasteiger partial charge in [-0.05, 0) is 49.6 Å². The lowest BCUT2D eigenvalue weighted by molar-refractivity contribution is -0.137. The van der Waals surface area contributed by atoms with E-state index in [2.05, 4.69) is 10.6 Å². The monoisotopic (exact) mass is 372 g/mol. The highest BCUT2D eigenvalue weighted by molar-refractivity contribution is 6.05. The number of hydrogen-bond acceptors (Lipinski definition) is 3. The number of carbonyl (C=O) groups excluding carboxylic acids is 2. The molecule has 142 valence electrons. The van der Waals surface area contributed by atoms with E-state index in [4.69, 9.17) is 5.11 Å². The van der Waals surface area contributed by atoms with Gasteiger partial charge in [-0.15, -0.1) is 0 Å². The van der Waals surface area contributed by atoms with E-state index in [9.17, 15) is 18.8 Å². The van der Waals surface area contributed by atoms with Crippen molar-refractivity contribution < 1.29 is 23.9 Å². The van der Waals surface area contributed by atoms with Crippen molar-refractivity contribution >= 4 is 23.5 Å². The molecule has 0 saturated carbocycles. The van der Waals surface area contributed by atoms with E-state index in [1.165, 1.54) is 24.3 Å². The van der Waals surface area contributed by atoms with E-state index in [0.717, 1.165) is 5.56 Å². The maximum atomic E-state index is 13.7. The summed E-state index contributed by atoms with van der Waals surface area (Å²) in [5, 5.41) is 13.9. The van der Waals surface area contributed by atoms with Crippen molar-refractivity contribution in [2.24, 2.45) is 0 Å². The molecule has 3 N–H and O–H groups in total. The molecule has 2 rings (SSSR count). The number of benzene rings is 2. The van der Waals surface area contributed by atoms with Gasteiger partial charge in [0.05, 0.1) is 5.56 Å². The van der Waals surface area contributed by atoms with Gasteiger partial charge in [0.15, 0.2) is 0 Å². The number of halogens is 1.